The van der Waals surface area contributed by atoms with E-state index in [-0.39, 0.29) is 11.7 Å². The van der Waals surface area contributed by atoms with Crippen molar-refractivity contribution < 1.29 is 19.4 Å². The van der Waals surface area contributed by atoms with Crippen LogP contribution in [0.1, 0.15) is 23.2 Å². The zero-order chi connectivity index (χ0) is 14.1. The third-order valence-electron chi connectivity index (χ3n) is 2.97. The lowest BCUT2D eigenvalue weighted by molar-refractivity contribution is 0.0697. The minimum atomic E-state index is -0.958. The number of hydrogen-bond acceptors (Lipinski definition) is 5. The van der Waals surface area contributed by atoms with E-state index in [1.807, 2.05) is 0 Å². The summed E-state index contributed by atoms with van der Waals surface area (Å²) < 4.78 is 10.9. The molecule has 6 heteroatoms. The quantitative estimate of drug-likeness (QED) is 0.917. The molecule has 0 unspecified atom stereocenters. The van der Waals surface area contributed by atoms with Gasteiger partial charge in [0.05, 0.1) is 23.7 Å². The van der Waals surface area contributed by atoms with Crippen molar-refractivity contribution in [2.45, 2.75) is 18.9 Å². The highest BCUT2D eigenvalue weighted by Crippen LogP contribution is 2.39. The Balaban J connectivity index is 2.03. The van der Waals surface area contributed by atoms with Crippen molar-refractivity contribution in [2.75, 3.05) is 7.11 Å². The molecule has 0 spiro atoms. The van der Waals surface area contributed by atoms with Crippen LogP contribution in [-0.2, 0) is 0 Å². The van der Waals surface area contributed by atoms with Crippen molar-refractivity contribution in [3.8, 4) is 21.4 Å². The molecule has 1 N–H and O–H groups in total. The summed E-state index contributed by atoms with van der Waals surface area (Å²) in [6, 6.07) is 4.89. The molecule has 3 rings (SSSR count). The number of carboxylic acids is 1. The predicted molar refractivity (Wildman–Crippen MR) is 74.7 cm³/mol. The van der Waals surface area contributed by atoms with Gasteiger partial charge in [0.2, 0.25) is 0 Å². The molecule has 0 bridgehead atoms. The normalized spacial score (nSPS) is 14.1. The molecule has 1 aliphatic carbocycles. The fourth-order valence-electron chi connectivity index (χ4n) is 1.80. The van der Waals surface area contributed by atoms with E-state index in [0.717, 1.165) is 23.3 Å². The summed E-state index contributed by atoms with van der Waals surface area (Å²) >= 11 is 1.36. The number of carbonyl (C=O) groups is 1. The molecule has 1 saturated carbocycles. The van der Waals surface area contributed by atoms with E-state index in [1.54, 1.807) is 31.5 Å². The third-order valence-corrected chi connectivity index (χ3v) is 3.96. The van der Waals surface area contributed by atoms with Crippen LogP contribution in [-0.4, -0.2) is 29.3 Å². The zero-order valence-electron chi connectivity index (χ0n) is 10.8. The number of thiazole rings is 1. The maximum atomic E-state index is 11.1. The molecule has 1 aromatic heterocycles. The van der Waals surface area contributed by atoms with Crippen LogP contribution in [0.2, 0.25) is 0 Å². The first-order valence-electron chi connectivity index (χ1n) is 6.21. The Kier molecular flexibility index (Phi) is 3.31. The van der Waals surface area contributed by atoms with Crippen molar-refractivity contribution in [3.05, 3.63) is 30.0 Å². The van der Waals surface area contributed by atoms with Gasteiger partial charge < -0.3 is 14.6 Å². The van der Waals surface area contributed by atoms with Gasteiger partial charge in [-0.05, 0) is 31.0 Å². The zero-order valence-corrected chi connectivity index (χ0v) is 11.6. The van der Waals surface area contributed by atoms with Crippen LogP contribution in [0.4, 0.5) is 0 Å². The Morgan fingerprint density at radius 3 is 2.85 bits per heavy atom. The molecule has 5 nitrogen and oxygen atoms in total. The summed E-state index contributed by atoms with van der Waals surface area (Å²) in [5, 5.41) is 9.65. The predicted octanol–water partition coefficient (Wildman–Crippen LogP) is 3.06. The van der Waals surface area contributed by atoms with Gasteiger partial charge in [-0.2, -0.15) is 0 Å². The molecule has 0 atom stereocenters. The van der Waals surface area contributed by atoms with Crippen LogP contribution in [0.5, 0.6) is 10.9 Å². The topological polar surface area (TPSA) is 68.7 Å². The number of carboxylic acid groups (broad SMARTS) is 1. The minimum Gasteiger partial charge on any atom is -0.490 e. The lowest BCUT2D eigenvalue weighted by Crippen LogP contribution is -2.01. The molecule has 1 fully saturated rings. The Hall–Kier alpha value is -2.08. The number of nitrogens with zero attached hydrogens (tertiary/aromatic N) is 1. The van der Waals surface area contributed by atoms with Crippen molar-refractivity contribution >= 4 is 17.3 Å². The van der Waals surface area contributed by atoms with Crippen molar-refractivity contribution in [2.24, 2.45) is 0 Å². The first kappa shape index (κ1) is 12.9. The number of methoxy groups -OCH3 is 1. The third kappa shape index (κ3) is 2.60. The molecule has 0 saturated heterocycles. The number of rotatable bonds is 5. The van der Waals surface area contributed by atoms with Gasteiger partial charge in [-0.25, -0.2) is 9.78 Å². The maximum Gasteiger partial charge on any atom is 0.335 e. The van der Waals surface area contributed by atoms with Gasteiger partial charge in [-0.15, -0.1) is 0 Å². The summed E-state index contributed by atoms with van der Waals surface area (Å²) in [5.74, 6) is -0.260. The highest BCUT2D eigenvalue weighted by molar-refractivity contribution is 7.16. The fourth-order valence-corrected chi connectivity index (χ4v) is 2.55. The van der Waals surface area contributed by atoms with Crippen molar-refractivity contribution in [1.82, 2.24) is 4.98 Å². The first-order chi connectivity index (χ1) is 9.67. The summed E-state index contributed by atoms with van der Waals surface area (Å²) in [6.45, 7) is 0. The SMILES string of the molecule is COc1ncc(-c2cc(C(=O)O)ccc2OC2CC2)s1. The molecule has 104 valence electrons. The number of benzene rings is 1. The second-order valence-corrected chi connectivity index (χ2v) is 5.52. The molecule has 1 aliphatic rings. The minimum absolute atomic E-state index is 0.232. The molecular weight excluding hydrogens is 278 g/mol. The summed E-state index contributed by atoms with van der Waals surface area (Å²) in [4.78, 5) is 16.1. The summed E-state index contributed by atoms with van der Waals surface area (Å²) in [6.07, 6.45) is 4.02. The number of aromatic nitrogens is 1. The first-order valence-corrected chi connectivity index (χ1v) is 7.03. The van der Waals surface area contributed by atoms with E-state index in [4.69, 9.17) is 14.6 Å². The Labute approximate surface area is 119 Å². The molecule has 0 aliphatic heterocycles. The van der Waals surface area contributed by atoms with E-state index < -0.39 is 5.97 Å². The second-order valence-electron chi connectivity index (χ2n) is 4.53. The van der Waals surface area contributed by atoms with Gasteiger partial charge in [0.15, 0.2) is 0 Å². The van der Waals surface area contributed by atoms with Gasteiger partial charge in [-0.3, -0.25) is 0 Å². The molecule has 1 aromatic carbocycles. The largest absolute Gasteiger partial charge is 0.490 e. The van der Waals surface area contributed by atoms with E-state index in [0.29, 0.717) is 10.9 Å². The average molecular weight is 291 g/mol. The smallest absolute Gasteiger partial charge is 0.335 e. The molecule has 0 radical (unpaired) electrons. The van der Waals surface area contributed by atoms with E-state index in [9.17, 15) is 4.79 Å². The van der Waals surface area contributed by atoms with Crippen LogP contribution < -0.4 is 9.47 Å². The van der Waals surface area contributed by atoms with Gasteiger partial charge >= 0.3 is 5.97 Å². The van der Waals surface area contributed by atoms with E-state index in [2.05, 4.69) is 4.98 Å². The Morgan fingerprint density at radius 2 is 2.25 bits per heavy atom. The van der Waals surface area contributed by atoms with Crippen LogP contribution in [0, 0.1) is 0 Å². The number of ether oxygens (including phenoxy) is 2. The van der Waals surface area contributed by atoms with Crippen molar-refractivity contribution in [3.63, 3.8) is 0 Å². The average Bonchev–Trinajstić information content (AvgIpc) is 3.13. The van der Waals surface area contributed by atoms with E-state index >= 15 is 0 Å². The summed E-state index contributed by atoms with van der Waals surface area (Å²) in [7, 11) is 1.55. The molecule has 20 heavy (non-hydrogen) atoms. The molecule has 1 heterocycles. The molecule has 0 amide bonds. The molecule has 2 aromatic rings. The van der Waals surface area contributed by atoms with E-state index in [1.165, 1.54) is 11.3 Å². The van der Waals surface area contributed by atoms with Crippen molar-refractivity contribution in [1.29, 1.82) is 0 Å². The van der Waals surface area contributed by atoms with Crippen LogP contribution in [0.3, 0.4) is 0 Å². The highest BCUT2D eigenvalue weighted by Gasteiger charge is 2.25. The lowest BCUT2D eigenvalue weighted by Gasteiger charge is -2.10. The molecular formula is C14H13NO4S. The van der Waals surface area contributed by atoms with Gasteiger partial charge in [0.25, 0.3) is 5.19 Å². The Morgan fingerprint density at radius 1 is 1.45 bits per heavy atom. The van der Waals surface area contributed by atoms with Gasteiger partial charge in [0.1, 0.15) is 5.75 Å². The maximum absolute atomic E-state index is 11.1. The van der Waals surface area contributed by atoms with Crippen LogP contribution in [0.15, 0.2) is 24.4 Å². The van der Waals surface area contributed by atoms with Crippen LogP contribution in [0.25, 0.3) is 10.4 Å². The van der Waals surface area contributed by atoms with Gasteiger partial charge in [0, 0.05) is 11.8 Å². The highest BCUT2D eigenvalue weighted by atomic mass is 32.1. The monoisotopic (exact) mass is 291 g/mol. The summed E-state index contributed by atoms with van der Waals surface area (Å²) in [5.41, 5.74) is 0.980. The lowest BCUT2D eigenvalue weighted by atomic mass is 10.1. The Bertz CT molecular complexity index is 648. The van der Waals surface area contributed by atoms with Crippen LogP contribution >= 0.6 is 11.3 Å². The standard InChI is InChI=1S/C14H13NO4S/c1-18-14-15-7-12(20-14)10-6-8(13(16)17)2-5-11(10)19-9-3-4-9/h2,5-7,9H,3-4H2,1H3,(H,16,17). The van der Waals surface area contributed by atoms with Gasteiger partial charge in [-0.1, -0.05) is 11.3 Å². The number of hydrogen-bond donors (Lipinski definition) is 1. The second kappa shape index (κ2) is 5.13. The number of aromatic carboxylic acids is 1. The fraction of sp³-hybridized carbons (Fsp3) is 0.286.